The normalized spacial score (nSPS) is 27.1. The van der Waals surface area contributed by atoms with Gasteiger partial charge in [-0.15, -0.1) is 12.4 Å². The van der Waals surface area contributed by atoms with Crippen LogP contribution in [-0.2, 0) is 5.60 Å². The van der Waals surface area contributed by atoms with Crippen molar-refractivity contribution in [3.63, 3.8) is 0 Å². The maximum atomic E-state index is 11.0. The van der Waals surface area contributed by atoms with Crippen molar-refractivity contribution in [1.29, 1.82) is 0 Å². The second kappa shape index (κ2) is 6.60. The van der Waals surface area contributed by atoms with E-state index in [4.69, 9.17) is 0 Å². The predicted molar refractivity (Wildman–Crippen MR) is 79.8 cm³/mol. The van der Waals surface area contributed by atoms with Gasteiger partial charge in [-0.25, -0.2) is 0 Å². The minimum absolute atomic E-state index is 0. The van der Waals surface area contributed by atoms with E-state index in [0.717, 1.165) is 31.4 Å². The quantitative estimate of drug-likeness (QED) is 0.897. The van der Waals surface area contributed by atoms with Crippen molar-refractivity contribution < 1.29 is 10.2 Å². The maximum Gasteiger partial charge on any atom is 0.115 e. The fourth-order valence-electron chi connectivity index (χ4n) is 3.07. The first-order chi connectivity index (χ1) is 8.52. The molecule has 0 aromatic heterocycles. The van der Waals surface area contributed by atoms with Crippen molar-refractivity contribution in [2.24, 2.45) is 5.92 Å². The lowest BCUT2D eigenvalue weighted by atomic mass is 9.71. The molecule has 0 bridgehead atoms. The summed E-state index contributed by atoms with van der Waals surface area (Å²) in [7, 11) is 4.08. The summed E-state index contributed by atoms with van der Waals surface area (Å²) in [4.78, 5) is 2.13. The molecule has 2 atom stereocenters. The minimum Gasteiger partial charge on any atom is -0.508 e. The molecule has 2 rings (SSSR count). The summed E-state index contributed by atoms with van der Waals surface area (Å²) >= 11 is 0. The zero-order valence-electron chi connectivity index (χ0n) is 11.7. The number of rotatable bonds is 3. The average Bonchev–Trinajstić information content (AvgIpc) is 2.32. The van der Waals surface area contributed by atoms with E-state index < -0.39 is 5.60 Å². The third-order valence-corrected chi connectivity index (χ3v) is 3.97. The Hall–Kier alpha value is -0.770. The standard InChI is InChI=1S/C15H23NO2.ClH/c1-16(2)11-13-6-3-4-9-15(13,18)12-7-5-8-14(17)10-12;/h5,7-8,10,13,17-18H,3-4,6,9,11H2,1-2H3;1H/t13-,15+;/m0./s1. The van der Waals surface area contributed by atoms with Gasteiger partial charge in [-0.1, -0.05) is 25.0 Å². The second-order valence-electron chi connectivity index (χ2n) is 5.68. The second-order valence-corrected chi connectivity index (χ2v) is 5.68. The van der Waals surface area contributed by atoms with Crippen LogP contribution in [0.2, 0.25) is 0 Å². The molecular weight excluding hydrogens is 262 g/mol. The summed E-state index contributed by atoms with van der Waals surface area (Å²) in [5.41, 5.74) is 0.0652. The van der Waals surface area contributed by atoms with Crippen molar-refractivity contribution >= 4 is 12.4 Å². The van der Waals surface area contributed by atoms with Crippen LogP contribution < -0.4 is 0 Å². The van der Waals surface area contributed by atoms with Crippen molar-refractivity contribution in [1.82, 2.24) is 4.90 Å². The Labute approximate surface area is 121 Å². The number of benzene rings is 1. The molecule has 1 fully saturated rings. The summed E-state index contributed by atoms with van der Waals surface area (Å²) in [5, 5.41) is 20.6. The van der Waals surface area contributed by atoms with Crippen molar-refractivity contribution in [2.75, 3.05) is 20.6 Å². The van der Waals surface area contributed by atoms with E-state index in [1.807, 2.05) is 26.2 Å². The highest BCUT2D eigenvalue weighted by atomic mass is 35.5. The molecule has 0 amide bonds. The minimum atomic E-state index is -0.790. The number of hydrogen-bond acceptors (Lipinski definition) is 3. The monoisotopic (exact) mass is 285 g/mol. The van der Waals surface area contributed by atoms with Gasteiger partial charge in [-0.2, -0.15) is 0 Å². The van der Waals surface area contributed by atoms with E-state index in [1.165, 1.54) is 6.42 Å². The molecule has 108 valence electrons. The summed E-state index contributed by atoms with van der Waals surface area (Å²) in [6.07, 6.45) is 4.06. The van der Waals surface area contributed by atoms with Gasteiger partial charge in [-0.05, 0) is 44.6 Å². The molecule has 2 N–H and O–H groups in total. The Morgan fingerprint density at radius 3 is 2.68 bits per heavy atom. The van der Waals surface area contributed by atoms with Crippen molar-refractivity contribution in [3.05, 3.63) is 29.8 Å². The van der Waals surface area contributed by atoms with Gasteiger partial charge in [0, 0.05) is 12.5 Å². The molecule has 3 nitrogen and oxygen atoms in total. The van der Waals surface area contributed by atoms with E-state index in [0.29, 0.717) is 0 Å². The third-order valence-electron chi connectivity index (χ3n) is 3.97. The molecule has 0 unspecified atom stereocenters. The highest BCUT2D eigenvalue weighted by Gasteiger charge is 2.40. The molecule has 0 radical (unpaired) electrons. The van der Waals surface area contributed by atoms with Crippen LogP contribution in [0.4, 0.5) is 0 Å². The lowest BCUT2D eigenvalue weighted by molar-refractivity contribution is -0.0619. The molecule has 0 aliphatic heterocycles. The molecule has 4 heteroatoms. The molecule has 1 aliphatic rings. The topological polar surface area (TPSA) is 43.7 Å². The summed E-state index contributed by atoms with van der Waals surface area (Å²) in [6.45, 7) is 0.881. The van der Waals surface area contributed by atoms with Crippen LogP contribution in [-0.4, -0.2) is 35.8 Å². The number of phenols is 1. The van der Waals surface area contributed by atoms with E-state index in [2.05, 4.69) is 4.90 Å². The van der Waals surface area contributed by atoms with Gasteiger partial charge in [0.05, 0.1) is 5.60 Å². The first-order valence-corrected chi connectivity index (χ1v) is 6.69. The van der Waals surface area contributed by atoms with E-state index >= 15 is 0 Å². The molecule has 1 saturated carbocycles. The van der Waals surface area contributed by atoms with Crippen LogP contribution >= 0.6 is 12.4 Å². The fraction of sp³-hybridized carbons (Fsp3) is 0.600. The van der Waals surface area contributed by atoms with Crippen LogP contribution in [0.3, 0.4) is 0 Å². The Morgan fingerprint density at radius 1 is 1.32 bits per heavy atom. The molecule has 1 aliphatic carbocycles. The van der Waals surface area contributed by atoms with Crippen LogP contribution in [0.5, 0.6) is 5.75 Å². The Balaban J connectivity index is 0.00000180. The lowest BCUT2D eigenvalue weighted by Crippen LogP contribution is -2.43. The lowest BCUT2D eigenvalue weighted by Gasteiger charge is -2.41. The van der Waals surface area contributed by atoms with Crippen molar-refractivity contribution in [2.45, 2.75) is 31.3 Å². The van der Waals surface area contributed by atoms with Gasteiger partial charge < -0.3 is 15.1 Å². The van der Waals surface area contributed by atoms with E-state index in [1.54, 1.807) is 12.1 Å². The van der Waals surface area contributed by atoms with E-state index in [-0.39, 0.29) is 24.1 Å². The number of hydrogen-bond donors (Lipinski definition) is 2. The molecule has 0 spiro atoms. The van der Waals surface area contributed by atoms with Gasteiger partial charge in [0.15, 0.2) is 0 Å². The molecule has 0 saturated heterocycles. The average molecular weight is 286 g/mol. The molecule has 1 aromatic carbocycles. The number of halogens is 1. The smallest absolute Gasteiger partial charge is 0.115 e. The number of aromatic hydroxyl groups is 1. The van der Waals surface area contributed by atoms with Crippen LogP contribution in [0, 0.1) is 5.92 Å². The molecule has 19 heavy (non-hydrogen) atoms. The Morgan fingerprint density at radius 2 is 2.05 bits per heavy atom. The predicted octanol–water partition coefficient (Wildman–Crippen LogP) is 2.75. The molecule has 0 heterocycles. The van der Waals surface area contributed by atoms with Crippen LogP contribution in [0.15, 0.2) is 24.3 Å². The zero-order valence-corrected chi connectivity index (χ0v) is 12.5. The molecule has 1 aromatic rings. The van der Waals surface area contributed by atoms with Crippen LogP contribution in [0.25, 0.3) is 0 Å². The summed E-state index contributed by atoms with van der Waals surface area (Å²) in [6, 6.07) is 7.09. The Bertz CT molecular complexity index is 411. The maximum absolute atomic E-state index is 11.0. The van der Waals surface area contributed by atoms with Gasteiger partial charge in [0.25, 0.3) is 0 Å². The highest BCUT2D eigenvalue weighted by molar-refractivity contribution is 5.85. The number of nitrogens with zero attached hydrogens (tertiary/aromatic N) is 1. The van der Waals surface area contributed by atoms with Gasteiger partial charge in [-0.3, -0.25) is 0 Å². The SMILES string of the molecule is CN(C)C[C@@H]1CCCC[C@@]1(O)c1cccc(O)c1.Cl. The first kappa shape index (κ1) is 16.3. The molecular formula is C15H24ClNO2. The van der Waals surface area contributed by atoms with Gasteiger partial charge in [0.1, 0.15) is 5.75 Å². The number of aliphatic hydroxyl groups is 1. The van der Waals surface area contributed by atoms with Crippen molar-refractivity contribution in [3.8, 4) is 5.75 Å². The summed E-state index contributed by atoms with van der Waals surface area (Å²) < 4.78 is 0. The summed E-state index contributed by atoms with van der Waals surface area (Å²) in [5.74, 6) is 0.471. The first-order valence-electron chi connectivity index (χ1n) is 6.69. The van der Waals surface area contributed by atoms with Crippen LogP contribution in [0.1, 0.15) is 31.2 Å². The highest BCUT2D eigenvalue weighted by Crippen LogP contribution is 2.42. The zero-order chi connectivity index (χ0) is 13.2. The number of phenolic OH excluding ortho intramolecular Hbond substituents is 1. The fourth-order valence-corrected chi connectivity index (χ4v) is 3.07. The van der Waals surface area contributed by atoms with E-state index in [9.17, 15) is 10.2 Å². The largest absolute Gasteiger partial charge is 0.508 e. The Kier molecular flexibility index (Phi) is 5.65. The van der Waals surface area contributed by atoms with Gasteiger partial charge in [0.2, 0.25) is 0 Å². The van der Waals surface area contributed by atoms with Gasteiger partial charge >= 0.3 is 0 Å². The third kappa shape index (κ3) is 3.62.